The lowest BCUT2D eigenvalue weighted by atomic mass is 9.28. The van der Waals surface area contributed by atoms with Gasteiger partial charge < -0.3 is 0 Å². The Bertz CT molecular complexity index is 402. The first kappa shape index (κ1) is 10.7. The summed E-state index contributed by atoms with van der Waals surface area (Å²) in [5.74, 6) is 0. The van der Waals surface area contributed by atoms with E-state index in [0.29, 0.717) is 16.2 Å². The van der Waals surface area contributed by atoms with Gasteiger partial charge in [-0.1, -0.05) is 44.5 Å². The molecule has 0 saturated heterocycles. The third-order valence-electron chi connectivity index (χ3n) is 5.08. The van der Waals surface area contributed by atoms with E-state index in [-0.39, 0.29) is 0 Å². The SMILES string of the molecule is CC(C)(C)C12CC(c3ccc(Cl)cc3)(C1)C2. The molecular weight excluding hydrogens is 216 g/mol. The quantitative estimate of drug-likeness (QED) is 0.654. The predicted molar refractivity (Wildman–Crippen MR) is 68.9 cm³/mol. The molecular formula is C15H19Cl. The predicted octanol–water partition coefficient (Wildman–Crippen LogP) is 4.81. The van der Waals surface area contributed by atoms with Gasteiger partial charge in [0.25, 0.3) is 0 Å². The van der Waals surface area contributed by atoms with E-state index in [1.165, 1.54) is 24.8 Å². The highest BCUT2D eigenvalue weighted by atomic mass is 35.5. The maximum absolute atomic E-state index is 5.94. The number of hydrogen-bond donors (Lipinski definition) is 0. The molecule has 0 N–H and O–H groups in total. The molecule has 0 aliphatic heterocycles. The normalized spacial score (nSPS) is 36.5. The fourth-order valence-electron chi connectivity index (χ4n) is 3.69. The minimum atomic E-state index is 0.473. The number of halogens is 1. The van der Waals surface area contributed by atoms with Crippen LogP contribution in [0.1, 0.15) is 45.6 Å². The van der Waals surface area contributed by atoms with Crippen molar-refractivity contribution in [3.05, 3.63) is 34.9 Å². The molecule has 0 amide bonds. The Morgan fingerprint density at radius 1 is 1.00 bits per heavy atom. The number of benzene rings is 1. The molecule has 86 valence electrons. The van der Waals surface area contributed by atoms with Crippen molar-refractivity contribution in [1.82, 2.24) is 0 Å². The van der Waals surface area contributed by atoms with Crippen LogP contribution in [-0.2, 0) is 5.41 Å². The molecule has 0 unspecified atom stereocenters. The smallest absolute Gasteiger partial charge is 0.0406 e. The van der Waals surface area contributed by atoms with Gasteiger partial charge >= 0.3 is 0 Å². The zero-order valence-electron chi connectivity index (χ0n) is 10.3. The Balaban J connectivity index is 1.81. The van der Waals surface area contributed by atoms with Crippen molar-refractivity contribution in [1.29, 1.82) is 0 Å². The third kappa shape index (κ3) is 1.17. The minimum Gasteiger partial charge on any atom is -0.0843 e. The van der Waals surface area contributed by atoms with E-state index in [0.717, 1.165) is 5.02 Å². The lowest BCUT2D eigenvalue weighted by molar-refractivity contribution is -0.208. The minimum absolute atomic E-state index is 0.473. The van der Waals surface area contributed by atoms with Crippen molar-refractivity contribution < 1.29 is 0 Å². The molecule has 2 bridgehead atoms. The summed E-state index contributed by atoms with van der Waals surface area (Å²) in [5.41, 5.74) is 3.12. The van der Waals surface area contributed by atoms with Gasteiger partial charge in [-0.05, 0) is 53.2 Å². The topological polar surface area (TPSA) is 0 Å². The van der Waals surface area contributed by atoms with E-state index in [1.54, 1.807) is 0 Å². The second-order valence-electron chi connectivity index (χ2n) is 6.85. The number of hydrogen-bond acceptors (Lipinski definition) is 0. The fourth-order valence-corrected chi connectivity index (χ4v) is 3.82. The summed E-state index contributed by atoms with van der Waals surface area (Å²) in [5, 5.41) is 0.848. The molecule has 4 rings (SSSR count). The van der Waals surface area contributed by atoms with Gasteiger partial charge in [-0.15, -0.1) is 0 Å². The van der Waals surface area contributed by atoms with Gasteiger partial charge in [0, 0.05) is 5.02 Å². The summed E-state index contributed by atoms with van der Waals surface area (Å²) in [6, 6.07) is 8.49. The van der Waals surface area contributed by atoms with E-state index < -0.39 is 0 Å². The van der Waals surface area contributed by atoms with Crippen LogP contribution in [0.5, 0.6) is 0 Å². The number of rotatable bonds is 1. The third-order valence-corrected chi connectivity index (χ3v) is 5.33. The molecule has 0 atom stereocenters. The molecule has 1 aromatic carbocycles. The zero-order chi connectivity index (χ0) is 11.6. The Kier molecular flexibility index (Phi) is 1.89. The van der Waals surface area contributed by atoms with Crippen LogP contribution >= 0.6 is 11.6 Å². The van der Waals surface area contributed by atoms with E-state index in [2.05, 4.69) is 32.9 Å². The van der Waals surface area contributed by atoms with Crippen LogP contribution in [0.4, 0.5) is 0 Å². The van der Waals surface area contributed by atoms with Crippen LogP contribution < -0.4 is 0 Å². The molecule has 0 aromatic heterocycles. The van der Waals surface area contributed by atoms with Crippen molar-refractivity contribution in [2.24, 2.45) is 10.8 Å². The second-order valence-corrected chi connectivity index (χ2v) is 7.28. The van der Waals surface area contributed by atoms with Crippen molar-refractivity contribution in [3.8, 4) is 0 Å². The molecule has 0 heterocycles. The second kappa shape index (κ2) is 2.85. The molecule has 3 aliphatic rings. The first-order chi connectivity index (χ1) is 7.37. The first-order valence-corrected chi connectivity index (χ1v) is 6.51. The van der Waals surface area contributed by atoms with Crippen molar-refractivity contribution >= 4 is 11.6 Å². The lowest BCUT2D eigenvalue weighted by Crippen LogP contribution is -2.69. The highest BCUT2D eigenvalue weighted by Crippen LogP contribution is 2.79. The highest BCUT2D eigenvalue weighted by molar-refractivity contribution is 6.30. The Morgan fingerprint density at radius 3 is 1.94 bits per heavy atom. The van der Waals surface area contributed by atoms with Gasteiger partial charge in [-0.25, -0.2) is 0 Å². The molecule has 0 radical (unpaired) electrons. The highest BCUT2D eigenvalue weighted by Gasteiger charge is 2.71. The van der Waals surface area contributed by atoms with Gasteiger partial charge in [0.05, 0.1) is 0 Å². The van der Waals surface area contributed by atoms with E-state index in [9.17, 15) is 0 Å². The van der Waals surface area contributed by atoms with Crippen LogP contribution in [0.15, 0.2) is 24.3 Å². The van der Waals surface area contributed by atoms with Gasteiger partial charge in [-0.3, -0.25) is 0 Å². The van der Waals surface area contributed by atoms with Crippen molar-refractivity contribution in [2.45, 2.75) is 45.4 Å². The summed E-state index contributed by atoms with van der Waals surface area (Å²) in [7, 11) is 0. The van der Waals surface area contributed by atoms with Gasteiger partial charge in [0.15, 0.2) is 0 Å². The van der Waals surface area contributed by atoms with Crippen molar-refractivity contribution in [2.75, 3.05) is 0 Å². The largest absolute Gasteiger partial charge is 0.0843 e. The van der Waals surface area contributed by atoms with Crippen LogP contribution in [0.25, 0.3) is 0 Å². The molecule has 3 saturated carbocycles. The van der Waals surface area contributed by atoms with Crippen molar-refractivity contribution in [3.63, 3.8) is 0 Å². The Hall–Kier alpha value is -0.490. The monoisotopic (exact) mass is 234 g/mol. The van der Waals surface area contributed by atoms with Gasteiger partial charge in [0.1, 0.15) is 0 Å². The average Bonchev–Trinajstić information content (AvgIpc) is 2.00. The average molecular weight is 235 g/mol. The molecule has 3 fully saturated rings. The fraction of sp³-hybridized carbons (Fsp3) is 0.600. The van der Waals surface area contributed by atoms with E-state index in [1.807, 2.05) is 12.1 Å². The maximum Gasteiger partial charge on any atom is 0.0406 e. The van der Waals surface area contributed by atoms with Crippen LogP contribution in [-0.4, -0.2) is 0 Å². The summed E-state index contributed by atoms with van der Waals surface area (Å²) < 4.78 is 0. The summed E-state index contributed by atoms with van der Waals surface area (Å²) >= 11 is 5.94. The zero-order valence-corrected chi connectivity index (χ0v) is 11.1. The van der Waals surface area contributed by atoms with Crippen LogP contribution in [0.3, 0.4) is 0 Å². The Labute approximate surface area is 103 Å². The summed E-state index contributed by atoms with van der Waals surface area (Å²) in [6.07, 6.45) is 4.14. The van der Waals surface area contributed by atoms with E-state index in [4.69, 9.17) is 11.6 Å². The van der Waals surface area contributed by atoms with E-state index >= 15 is 0 Å². The molecule has 0 nitrogen and oxygen atoms in total. The maximum atomic E-state index is 5.94. The Morgan fingerprint density at radius 2 is 1.50 bits per heavy atom. The molecule has 0 spiro atoms. The molecule has 1 heteroatoms. The van der Waals surface area contributed by atoms with Crippen LogP contribution in [0, 0.1) is 10.8 Å². The van der Waals surface area contributed by atoms with Gasteiger partial charge in [-0.2, -0.15) is 0 Å². The first-order valence-electron chi connectivity index (χ1n) is 6.13. The van der Waals surface area contributed by atoms with Crippen LogP contribution in [0.2, 0.25) is 5.02 Å². The molecule has 16 heavy (non-hydrogen) atoms. The standard InChI is InChI=1S/C15H19Cl/c1-13(2,3)15-8-14(9-15,10-15)11-4-6-12(16)7-5-11/h4-7H,8-10H2,1-3H3. The molecule has 1 aromatic rings. The lowest BCUT2D eigenvalue weighted by Gasteiger charge is -2.76. The molecule has 3 aliphatic carbocycles. The summed E-state index contributed by atoms with van der Waals surface area (Å²) in [4.78, 5) is 0. The van der Waals surface area contributed by atoms with Gasteiger partial charge in [0.2, 0.25) is 0 Å². The summed E-state index contributed by atoms with van der Waals surface area (Å²) in [6.45, 7) is 7.16.